The van der Waals surface area contributed by atoms with Gasteiger partial charge in [0.1, 0.15) is 0 Å². The second-order valence-corrected chi connectivity index (χ2v) is 4.06. The Morgan fingerprint density at radius 1 is 1.38 bits per heavy atom. The molecule has 1 aromatic rings. The highest BCUT2D eigenvalue weighted by molar-refractivity contribution is 5.70. The number of benzene rings is 1. The van der Waals surface area contributed by atoms with E-state index in [0.29, 0.717) is 13.0 Å². The number of carboxylic acid groups (broad SMARTS) is 1. The fourth-order valence-corrected chi connectivity index (χ4v) is 1.50. The predicted octanol–water partition coefficient (Wildman–Crippen LogP) is 2.20. The van der Waals surface area contributed by atoms with Crippen molar-refractivity contribution >= 4 is 5.97 Å². The van der Waals surface area contributed by atoms with Gasteiger partial charge in [-0.1, -0.05) is 36.8 Å². The standard InChI is InChI=1S/C13H19NO2/c1-3-12(13(15)16)9-14-8-11-6-4-10(2)5-7-11/h4-7,12,14H,3,8-9H2,1-2H3,(H,15,16). The predicted molar refractivity (Wildman–Crippen MR) is 64.3 cm³/mol. The zero-order chi connectivity index (χ0) is 12.0. The lowest BCUT2D eigenvalue weighted by atomic mass is 10.1. The van der Waals surface area contributed by atoms with Crippen molar-refractivity contribution in [2.24, 2.45) is 5.92 Å². The van der Waals surface area contributed by atoms with Crippen molar-refractivity contribution in [3.63, 3.8) is 0 Å². The molecule has 0 aliphatic rings. The first-order valence-corrected chi connectivity index (χ1v) is 5.62. The summed E-state index contributed by atoms with van der Waals surface area (Å²) in [6, 6.07) is 8.24. The summed E-state index contributed by atoms with van der Waals surface area (Å²) in [5.41, 5.74) is 2.42. The van der Waals surface area contributed by atoms with E-state index < -0.39 is 5.97 Å². The Morgan fingerprint density at radius 3 is 2.50 bits per heavy atom. The number of nitrogens with one attached hydrogen (secondary N) is 1. The highest BCUT2D eigenvalue weighted by atomic mass is 16.4. The summed E-state index contributed by atoms with van der Waals surface area (Å²) in [6.45, 7) is 5.20. The Kier molecular flexibility index (Phi) is 4.99. The summed E-state index contributed by atoms with van der Waals surface area (Å²) in [7, 11) is 0. The second-order valence-electron chi connectivity index (χ2n) is 4.06. The third-order valence-corrected chi connectivity index (χ3v) is 2.68. The van der Waals surface area contributed by atoms with E-state index in [4.69, 9.17) is 5.11 Å². The van der Waals surface area contributed by atoms with Gasteiger partial charge in [0, 0.05) is 13.1 Å². The van der Waals surface area contributed by atoms with Crippen molar-refractivity contribution in [3.8, 4) is 0 Å². The molecule has 0 amide bonds. The van der Waals surface area contributed by atoms with Crippen LogP contribution in [0.25, 0.3) is 0 Å². The molecular formula is C13H19NO2. The smallest absolute Gasteiger partial charge is 0.307 e. The number of carboxylic acids is 1. The first kappa shape index (κ1) is 12.7. The van der Waals surface area contributed by atoms with Crippen LogP contribution in [-0.4, -0.2) is 17.6 Å². The van der Waals surface area contributed by atoms with Gasteiger partial charge in [-0.2, -0.15) is 0 Å². The van der Waals surface area contributed by atoms with Crippen molar-refractivity contribution < 1.29 is 9.90 Å². The molecule has 0 aliphatic carbocycles. The van der Waals surface area contributed by atoms with E-state index in [1.807, 2.05) is 6.92 Å². The number of aliphatic carboxylic acids is 1. The molecule has 0 spiro atoms. The maximum Gasteiger partial charge on any atom is 0.307 e. The van der Waals surface area contributed by atoms with Crippen molar-refractivity contribution in [2.75, 3.05) is 6.54 Å². The van der Waals surface area contributed by atoms with Crippen LogP contribution in [-0.2, 0) is 11.3 Å². The van der Waals surface area contributed by atoms with Gasteiger partial charge in [0.2, 0.25) is 0 Å². The summed E-state index contributed by atoms with van der Waals surface area (Å²) in [5, 5.41) is 12.0. The Balaban J connectivity index is 2.35. The monoisotopic (exact) mass is 221 g/mol. The maximum atomic E-state index is 10.8. The van der Waals surface area contributed by atoms with Crippen molar-refractivity contribution in [2.45, 2.75) is 26.8 Å². The Bertz CT molecular complexity index is 332. The molecule has 0 saturated carbocycles. The second kappa shape index (κ2) is 6.28. The van der Waals surface area contributed by atoms with Gasteiger partial charge in [0.15, 0.2) is 0 Å². The quantitative estimate of drug-likeness (QED) is 0.774. The van der Waals surface area contributed by atoms with E-state index in [-0.39, 0.29) is 5.92 Å². The molecule has 16 heavy (non-hydrogen) atoms. The molecule has 88 valence electrons. The molecule has 0 saturated heterocycles. The summed E-state index contributed by atoms with van der Waals surface area (Å²) in [5.74, 6) is -1.01. The minimum absolute atomic E-state index is 0.287. The fraction of sp³-hybridized carbons (Fsp3) is 0.462. The van der Waals surface area contributed by atoms with E-state index in [1.54, 1.807) is 0 Å². The molecule has 1 aromatic carbocycles. The van der Waals surface area contributed by atoms with Crippen LogP contribution in [0.15, 0.2) is 24.3 Å². The van der Waals surface area contributed by atoms with E-state index in [0.717, 1.165) is 6.54 Å². The molecule has 3 heteroatoms. The number of carbonyl (C=O) groups is 1. The van der Waals surface area contributed by atoms with E-state index >= 15 is 0 Å². The first-order chi connectivity index (χ1) is 7.63. The minimum Gasteiger partial charge on any atom is -0.481 e. The lowest BCUT2D eigenvalue weighted by Gasteiger charge is -2.11. The molecule has 3 nitrogen and oxygen atoms in total. The van der Waals surface area contributed by atoms with Gasteiger partial charge in [-0.15, -0.1) is 0 Å². The van der Waals surface area contributed by atoms with Crippen LogP contribution < -0.4 is 5.32 Å². The third-order valence-electron chi connectivity index (χ3n) is 2.68. The van der Waals surface area contributed by atoms with Crippen molar-refractivity contribution in [1.82, 2.24) is 5.32 Å². The molecule has 2 N–H and O–H groups in total. The van der Waals surface area contributed by atoms with Crippen LogP contribution >= 0.6 is 0 Å². The average molecular weight is 221 g/mol. The number of rotatable bonds is 6. The summed E-state index contributed by atoms with van der Waals surface area (Å²) in [6.07, 6.45) is 0.663. The normalized spacial score (nSPS) is 12.4. The molecule has 0 bridgehead atoms. The highest BCUT2D eigenvalue weighted by Gasteiger charge is 2.13. The van der Waals surface area contributed by atoms with Crippen LogP contribution in [0.4, 0.5) is 0 Å². The van der Waals surface area contributed by atoms with E-state index in [9.17, 15) is 4.79 Å². The Labute approximate surface area is 96.5 Å². The summed E-state index contributed by atoms with van der Waals surface area (Å²) in [4.78, 5) is 10.8. The summed E-state index contributed by atoms with van der Waals surface area (Å²) < 4.78 is 0. The maximum absolute atomic E-state index is 10.8. The minimum atomic E-state index is -0.723. The third kappa shape index (κ3) is 4.03. The molecule has 1 unspecified atom stereocenters. The van der Waals surface area contributed by atoms with Gasteiger partial charge >= 0.3 is 5.97 Å². The van der Waals surface area contributed by atoms with Gasteiger partial charge in [0.05, 0.1) is 5.92 Å². The van der Waals surface area contributed by atoms with Crippen LogP contribution in [0, 0.1) is 12.8 Å². The first-order valence-electron chi connectivity index (χ1n) is 5.62. The van der Waals surface area contributed by atoms with Crippen molar-refractivity contribution in [1.29, 1.82) is 0 Å². The molecular weight excluding hydrogens is 202 g/mol. The summed E-state index contributed by atoms with van der Waals surface area (Å²) >= 11 is 0. The molecule has 0 aliphatic heterocycles. The van der Waals surface area contributed by atoms with E-state index in [2.05, 4.69) is 36.5 Å². The SMILES string of the molecule is CCC(CNCc1ccc(C)cc1)C(=O)O. The lowest BCUT2D eigenvalue weighted by Crippen LogP contribution is -2.27. The zero-order valence-electron chi connectivity index (χ0n) is 9.86. The topological polar surface area (TPSA) is 49.3 Å². The molecule has 0 heterocycles. The molecule has 0 aromatic heterocycles. The highest BCUT2D eigenvalue weighted by Crippen LogP contribution is 2.04. The largest absolute Gasteiger partial charge is 0.481 e. The molecule has 0 fully saturated rings. The van der Waals surface area contributed by atoms with Gasteiger partial charge < -0.3 is 10.4 Å². The molecule has 1 atom stereocenters. The van der Waals surface area contributed by atoms with Gasteiger partial charge in [-0.05, 0) is 18.9 Å². The van der Waals surface area contributed by atoms with Crippen LogP contribution in [0.1, 0.15) is 24.5 Å². The Hall–Kier alpha value is -1.35. The number of hydrogen-bond acceptors (Lipinski definition) is 2. The number of aryl methyl sites for hydroxylation is 1. The lowest BCUT2D eigenvalue weighted by molar-refractivity contribution is -0.141. The van der Waals surface area contributed by atoms with Crippen LogP contribution in [0.5, 0.6) is 0 Å². The zero-order valence-corrected chi connectivity index (χ0v) is 9.86. The van der Waals surface area contributed by atoms with Gasteiger partial charge in [-0.3, -0.25) is 4.79 Å². The Morgan fingerprint density at radius 2 is 2.00 bits per heavy atom. The van der Waals surface area contributed by atoms with Crippen molar-refractivity contribution in [3.05, 3.63) is 35.4 Å². The van der Waals surface area contributed by atoms with E-state index in [1.165, 1.54) is 11.1 Å². The van der Waals surface area contributed by atoms with Crippen LogP contribution in [0.3, 0.4) is 0 Å². The van der Waals surface area contributed by atoms with Gasteiger partial charge in [0.25, 0.3) is 0 Å². The fourth-order valence-electron chi connectivity index (χ4n) is 1.50. The van der Waals surface area contributed by atoms with Gasteiger partial charge in [-0.25, -0.2) is 0 Å². The van der Waals surface area contributed by atoms with Crippen LogP contribution in [0.2, 0.25) is 0 Å². The molecule has 0 radical (unpaired) electrons. The average Bonchev–Trinajstić information content (AvgIpc) is 2.26. The molecule has 1 rings (SSSR count). The number of hydrogen-bond donors (Lipinski definition) is 2.